The first-order valence-corrected chi connectivity index (χ1v) is 6.25. The number of likely N-dealkylation sites (tertiary alicyclic amines) is 1. The van der Waals surface area contributed by atoms with Crippen LogP contribution in [0.2, 0.25) is 0 Å². The molecule has 0 spiro atoms. The number of esters is 1. The van der Waals surface area contributed by atoms with Crippen molar-refractivity contribution in [1.82, 2.24) is 4.90 Å². The summed E-state index contributed by atoms with van der Waals surface area (Å²) in [5.74, 6) is -0.284. The van der Waals surface area contributed by atoms with Gasteiger partial charge in [0.05, 0.1) is 6.10 Å². The van der Waals surface area contributed by atoms with Crippen molar-refractivity contribution in [3.05, 3.63) is 35.9 Å². The Morgan fingerprint density at radius 3 is 2.78 bits per heavy atom. The van der Waals surface area contributed by atoms with Gasteiger partial charge in [-0.1, -0.05) is 30.3 Å². The lowest BCUT2D eigenvalue weighted by Crippen LogP contribution is -2.46. The molecule has 1 aliphatic rings. The topological polar surface area (TPSA) is 49.8 Å². The van der Waals surface area contributed by atoms with Crippen LogP contribution < -0.4 is 0 Å². The van der Waals surface area contributed by atoms with E-state index in [-0.39, 0.29) is 12.1 Å². The summed E-state index contributed by atoms with van der Waals surface area (Å²) in [5.41, 5.74) is 1.20. The van der Waals surface area contributed by atoms with Gasteiger partial charge in [-0.3, -0.25) is 9.69 Å². The van der Waals surface area contributed by atoms with E-state index in [2.05, 4.69) is 17.0 Å². The minimum absolute atomic E-state index is 0.199. The monoisotopic (exact) mass is 249 g/mol. The van der Waals surface area contributed by atoms with Gasteiger partial charge in [-0.05, 0) is 5.56 Å². The summed E-state index contributed by atoms with van der Waals surface area (Å²) < 4.78 is 5.19. The van der Waals surface area contributed by atoms with E-state index in [1.807, 2.05) is 18.2 Å². The van der Waals surface area contributed by atoms with Crippen LogP contribution in [-0.4, -0.2) is 41.3 Å². The first kappa shape index (κ1) is 13.1. The van der Waals surface area contributed by atoms with Gasteiger partial charge in [0.2, 0.25) is 0 Å². The Labute approximate surface area is 107 Å². The first-order chi connectivity index (χ1) is 8.63. The summed E-state index contributed by atoms with van der Waals surface area (Å²) in [7, 11) is 0. The van der Waals surface area contributed by atoms with Gasteiger partial charge in [-0.2, -0.15) is 0 Å². The zero-order valence-electron chi connectivity index (χ0n) is 10.6. The molecule has 0 aromatic heterocycles. The van der Waals surface area contributed by atoms with Gasteiger partial charge >= 0.3 is 5.97 Å². The van der Waals surface area contributed by atoms with Crippen molar-refractivity contribution in [2.45, 2.75) is 32.1 Å². The van der Waals surface area contributed by atoms with Crippen molar-refractivity contribution in [3.8, 4) is 0 Å². The lowest BCUT2D eigenvalue weighted by atomic mass is 10.0. The number of ether oxygens (including phenoxy) is 1. The predicted octanol–water partition coefficient (Wildman–Crippen LogP) is 1.18. The summed E-state index contributed by atoms with van der Waals surface area (Å²) in [6.07, 6.45) is -0.0907. The van der Waals surface area contributed by atoms with Crippen LogP contribution in [0, 0.1) is 0 Å². The highest BCUT2D eigenvalue weighted by molar-refractivity contribution is 5.66. The molecule has 2 rings (SSSR count). The van der Waals surface area contributed by atoms with E-state index >= 15 is 0 Å². The molecule has 2 atom stereocenters. The maximum atomic E-state index is 11.0. The molecule has 0 saturated carbocycles. The fourth-order valence-corrected chi connectivity index (χ4v) is 2.40. The number of carbonyl (C=O) groups excluding carboxylic acids is 1. The van der Waals surface area contributed by atoms with Crippen LogP contribution in [0.15, 0.2) is 30.3 Å². The maximum Gasteiger partial charge on any atom is 0.302 e. The maximum absolute atomic E-state index is 11.0. The fraction of sp³-hybridized carbons (Fsp3) is 0.500. The number of aliphatic hydroxyl groups is 1. The number of aliphatic hydroxyl groups excluding tert-OH is 1. The zero-order valence-corrected chi connectivity index (χ0v) is 10.6. The first-order valence-electron chi connectivity index (χ1n) is 6.25. The number of piperidine rings is 1. The van der Waals surface area contributed by atoms with E-state index < -0.39 is 6.10 Å². The molecule has 0 amide bonds. The number of carbonyl (C=O) groups is 1. The number of rotatable bonds is 3. The standard InChI is InChI=1S/C14H19NO3/c1-11(16)18-14-7-13(17)9-15(10-14)8-12-5-3-2-4-6-12/h2-6,13-14,17H,7-10H2,1H3/t13-,14+/m0/s1. The summed E-state index contributed by atoms with van der Waals surface area (Å²) in [6, 6.07) is 10.1. The van der Waals surface area contributed by atoms with Crippen molar-refractivity contribution in [2.24, 2.45) is 0 Å². The van der Waals surface area contributed by atoms with E-state index in [9.17, 15) is 9.90 Å². The summed E-state index contributed by atoms with van der Waals surface area (Å²) in [5, 5.41) is 9.81. The number of hydrogen-bond donors (Lipinski definition) is 1. The van der Waals surface area contributed by atoms with Crippen LogP contribution in [0.3, 0.4) is 0 Å². The van der Waals surface area contributed by atoms with Gasteiger partial charge in [0.1, 0.15) is 6.10 Å². The highest BCUT2D eigenvalue weighted by atomic mass is 16.5. The summed E-state index contributed by atoms with van der Waals surface area (Å²) in [6.45, 7) is 3.50. The predicted molar refractivity (Wildman–Crippen MR) is 67.9 cm³/mol. The van der Waals surface area contributed by atoms with Crippen LogP contribution in [0.5, 0.6) is 0 Å². The van der Waals surface area contributed by atoms with Crippen molar-refractivity contribution >= 4 is 5.97 Å². The van der Waals surface area contributed by atoms with Crippen LogP contribution >= 0.6 is 0 Å². The highest BCUT2D eigenvalue weighted by Gasteiger charge is 2.27. The third kappa shape index (κ3) is 3.82. The smallest absolute Gasteiger partial charge is 0.302 e. The van der Waals surface area contributed by atoms with Crippen LogP contribution in [0.4, 0.5) is 0 Å². The second kappa shape index (κ2) is 5.98. The quantitative estimate of drug-likeness (QED) is 0.817. The molecule has 1 saturated heterocycles. The van der Waals surface area contributed by atoms with Gasteiger partial charge in [-0.25, -0.2) is 0 Å². The molecule has 0 bridgehead atoms. The molecule has 1 N–H and O–H groups in total. The zero-order chi connectivity index (χ0) is 13.0. The fourth-order valence-electron chi connectivity index (χ4n) is 2.40. The highest BCUT2D eigenvalue weighted by Crippen LogP contribution is 2.16. The van der Waals surface area contributed by atoms with Crippen molar-refractivity contribution < 1.29 is 14.6 Å². The molecule has 18 heavy (non-hydrogen) atoms. The molecule has 0 radical (unpaired) electrons. The number of benzene rings is 1. The van der Waals surface area contributed by atoms with Gasteiger partial charge in [0.15, 0.2) is 0 Å². The van der Waals surface area contributed by atoms with Crippen molar-refractivity contribution in [1.29, 1.82) is 0 Å². The van der Waals surface area contributed by atoms with E-state index in [1.54, 1.807) is 0 Å². The minimum Gasteiger partial charge on any atom is -0.461 e. The Bertz CT molecular complexity index is 393. The number of hydrogen-bond acceptors (Lipinski definition) is 4. The second-order valence-electron chi connectivity index (χ2n) is 4.80. The Morgan fingerprint density at radius 2 is 2.11 bits per heavy atom. The van der Waals surface area contributed by atoms with Gasteiger partial charge in [0, 0.05) is 33.0 Å². The molecular weight excluding hydrogens is 230 g/mol. The van der Waals surface area contributed by atoms with Gasteiger partial charge < -0.3 is 9.84 Å². The van der Waals surface area contributed by atoms with E-state index in [4.69, 9.17) is 4.74 Å². The molecule has 1 aromatic carbocycles. The molecule has 1 aliphatic heterocycles. The Kier molecular flexibility index (Phi) is 4.33. The van der Waals surface area contributed by atoms with Crippen LogP contribution in [0.1, 0.15) is 18.9 Å². The molecule has 1 aromatic rings. The van der Waals surface area contributed by atoms with Gasteiger partial charge in [0.25, 0.3) is 0 Å². The molecular formula is C14H19NO3. The van der Waals surface area contributed by atoms with Crippen LogP contribution in [-0.2, 0) is 16.1 Å². The molecule has 0 aliphatic carbocycles. The van der Waals surface area contributed by atoms with Crippen molar-refractivity contribution in [2.75, 3.05) is 13.1 Å². The Morgan fingerprint density at radius 1 is 1.39 bits per heavy atom. The van der Waals surface area contributed by atoms with Crippen molar-refractivity contribution in [3.63, 3.8) is 0 Å². The Balaban J connectivity index is 1.94. The second-order valence-corrected chi connectivity index (χ2v) is 4.80. The van der Waals surface area contributed by atoms with Crippen LogP contribution in [0.25, 0.3) is 0 Å². The molecule has 4 nitrogen and oxygen atoms in total. The molecule has 1 heterocycles. The third-order valence-corrected chi connectivity index (χ3v) is 3.05. The summed E-state index contributed by atoms with van der Waals surface area (Å²) in [4.78, 5) is 13.1. The summed E-state index contributed by atoms with van der Waals surface area (Å²) >= 11 is 0. The molecule has 0 unspecified atom stereocenters. The largest absolute Gasteiger partial charge is 0.461 e. The minimum atomic E-state index is -0.424. The average Bonchev–Trinajstić information content (AvgIpc) is 2.28. The SMILES string of the molecule is CC(=O)O[C@@H]1C[C@H](O)CN(Cc2ccccc2)C1. The number of β-amino-alcohol motifs (C(OH)–C–C–N with tert-alkyl or cyclic N) is 1. The molecule has 1 fully saturated rings. The lowest BCUT2D eigenvalue weighted by Gasteiger charge is -2.35. The van der Waals surface area contributed by atoms with E-state index in [0.717, 1.165) is 6.54 Å². The van der Waals surface area contributed by atoms with Gasteiger partial charge in [-0.15, -0.1) is 0 Å². The average molecular weight is 249 g/mol. The van der Waals surface area contributed by atoms with E-state index in [1.165, 1.54) is 12.5 Å². The third-order valence-electron chi connectivity index (χ3n) is 3.05. The number of nitrogens with zero attached hydrogens (tertiary/aromatic N) is 1. The Hall–Kier alpha value is -1.39. The molecule has 98 valence electrons. The van der Waals surface area contributed by atoms with E-state index in [0.29, 0.717) is 19.5 Å². The molecule has 4 heteroatoms. The normalized spacial score (nSPS) is 24.8. The lowest BCUT2D eigenvalue weighted by molar-refractivity contribution is -0.151.